The molecule has 0 aliphatic heterocycles. The predicted octanol–water partition coefficient (Wildman–Crippen LogP) is 3.92. The van der Waals surface area contributed by atoms with Crippen LogP contribution in [-0.2, 0) is 17.9 Å². The highest BCUT2D eigenvalue weighted by Crippen LogP contribution is 2.31. The molecule has 200 valence electrons. The maximum Gasteiger partial charge on any atom is 0.270 e. The summed E-state index contributed by atoms with van der Waals surface area (Å²) in [6, 6.07) is 24.8. The van der Waals surface area contributed by atoms with Crippen molar-refractivity contribution in [1.29, 1.82) is 0 Å². The number of hydrogen-bond acceptors (Lipinski definition) is 7. The molecule has 0 aliphatic rings. The van der Waals surface area contributed by atoms with Gasteiger partial charge in [0.2, 0.25) is 5.91 Å². The molecule has 0 spiro atoms. The van der Waals surface area contributed by atoms with Crippen LogP contribution in [0.15, 0.2) is 84.9 Å². The van der Waals surface area contributed by atoms with Gasteiger partial charge in [0.1, 0.15) is 16.7 Å². The van der Waals surface area contributed by atoms with Crippen molar-refractivity contribution >= 4 is 34.9 Å². The molecule has 3 amide bonds. The van der Waals surface area contributed by atoms with Gasteiger partial charge in [-0.25, -0.2) is 0 Å². The van der Waals surface area contributed by atoms with E-state index in [1.165, 1.54) is 4.90 Å². The number of carbonyl (C=O) groups excluding carboxylic acids is 3. The van der Waals surface area contributed by atoms with E-state index in [0.717, 1.165) is 22.7 Å². The zero-order chi connectivity index (χ0) is 27.8. The molecule has 0 saturated carbocycles. The first-order valence-corrected chi connectivity index (χ1v) is 13.1. The number of nitrogens with two attached hydrogens (primary N) is 2. The van der Waals surface area contributed by atoms with Crippen LogP contribution >= 0.6 is 11.5 Å². The molecule has 3 aromatic carbocycles. The van der Waals surface area contributed by atoms with Crippen LogP contribution in [-0.4, -0.2) is 33.6 Å². The molecular weight excluding hydrogens is 514 g/mol. The van der Waals surface area contributed by atoms with Crippen LogP contribution in [0.1, 0.15) is 49.8 Å². The second-order valence-electron chi connectivity index (χ2n) is 8.66. The normalized spacial score (nSPS) is 11.4. The van der Waals surface area contributed by atoms with Crippen LogP contribution in [0.5, 0.6) is 5.75 Å². The summed E-state index contributed by atoms with van der Waals surface area (Å²) in [6.45, 7) is 2.74. The van der Waals surface area contributed by atoms with Gasteiger partial charge in [-0.1, -0.05) is 72.8 Å². The van der Waals surface area contributed by atoms with E-state index in [4.69, 9.17) is 16.2 Å². The van der Waals surface area contributed by atoms with Gasteiger partial charge in [-0.3, -0.25) is 14.4 Å². The van der Waals surface area contributed by atoms with E-state index in [2.05, 4.69) is 9.69 Å². The minimum atomic E-state index is -1.03. The van der Waals surface area contributed by atoms with Gasteiger partial charge in [-0.15, -0.1) is 0 Å². The van der Waals surface area contributed by atoms with Crippen LogP contribution in [0.4, 0.5) is 5.69 Å². The first kappa shape index (κ1) is 27.3. The molecule has 10 heteroatoms. The third-order valence-corrected chi connectivity index (χ3v) is 6.84. The molecular formula is C29H29N5O4S. The second-order valence-corrected chi connectivity index (χ2v) is 9.44. The minimum absolute atomic E-state index is 0.0338. The van der Waals surface area contributed by atoms with Gasteiger partial charge in [0, 0.05) is 13.1 Å². The number of nitrogens with zero attached hydrogens (tertiary/aromatic N) is 2. The van der Waals surface area contributed by atoms with Crippen LogP contribution in [0.25, 0.3) is 0 Å². The third-order valence-electron chi connectivity index (χ3n) is 5.99. The standard InChI is InChI=1S/C29H29N5O4S/c1-2-38-22-15-13-21(14-16-22)25(28(36)32-17-19-9-5-3-6-10-19)34(18-20-11-7-4-8-12-20)29(37)26-23(30)24(27(31)35)33-39-26/h3-16,25H,2,17-18,30H2,1H3,(H2,31,35)(H,32,36)/t25-/m1/s1. The fourth-order valence-corrected chi connectivity index (χ4v) is 4.85. The molecule has 5 N–H and O–H groups in total. The number of anilines is 1. The highest BCUT2D eigenvalue weighted by Gasteiger charge is 2.35. The Morgan fingerprint density at radius 2 is 1.56 bits per heavy atom. The van der Waals surface area contributed by atoms with Crippen molar-refractivity contribution in [2.24, 2.45) is 5.73 Å². The smallest absolute Gasteiger partial charge is 0.270 e. The molecule has 1 heterocycles. The van der Waals surface area contributed by atoms with E-state index in [1.54, 1.807) is 24.3 Å². The first-order chi connectivity index (χ1) is 18.9. The second kappa shape index (κ2) is 12.7. The van der Waals surface area contributed by atoms with Crippen LogP contribution in [0.2, 0.25) is 0 Å². The van der Waals surface area contributed by atoms with Gasteiger partial charge in [0.25, 0.3) is 11.8 Å². The van der Waals surface area contributed by atoms with E-state index in [9.17, 15) is 14.4 Å². The van der Waals surface area contributed by atoms with Crippen LogP contribution in [0, 0.1) is 0 Å². The summed E-state index contributed by atoms with van der Waals surface area (Å²) in [5.74, 6) is -1.12. The Labute approximate surface area is 230 Å². The topological polar surface area (TPSA) is 141 Å². The summed E-state index contributed by atoms with van der Waals surface area (Å²) in [7, 11) is 0. The quantitative estimate of drug-likeness (QED) is 0.262. The number of primary amides is 1. The van der Waals surface area contributed by atoms with Gasteiger partial charge >= 0.3 is 0 Å². The lowest BCUT2D eigenvalue weighted by Gasteiger charge is -2.31. The van der Waals surface area contributed by atoms with Gasteiger partial charge in [-0.05, 0) is 47.3 Å². The first-order valence-electron chi connectivity index (χ1n) is 12.3. The number of rotatable bonds is 11. The zero-order valence-corrected chi connectivity index (χ0v) is 22.2. The average molecular weight is 544 g/mol. The summed E-state index contributed by atoms with van der Waals surface area (Å²) in [5, 5.41) is 2.97. The predicted molar refractivity (Wildman–Crippen MR) is 150 cm³/mol. The molecule has 0 fully saturated rings. The molecule has 39 heavy (non-hydrogen) atoms. The number of nitrogens with one attached hydrogen (secondary N) is 1. The molecule has 9 nitrogen and oxygen atoms in total. The van der Waals surface area contributed by atoms with E-state index in [1.807, 2.05) is 67.6 Å². The maximum absolute atomic E-state index is 14.0. The van der Waals surface area contributed by atoms with Gasteiger partial charge in [0.15, 0.2) is 5.69 Å². The molecule has 0 bridgehead atoms. The van der Waals surface area contributed by atoms with Crippen molar-refractivity contribution in [3.05, 3.63) is 112 Å². The van der Waals surface area contributed by atoms with E-state index in [0.29, 0.717) is 17.9 Å². The molecule has 4 aromatic rings. The Morgan fingerprint density at radius 3 is 2.13 bits per heavy atom. The minimum Gasteiger partial charge on any atom is -0.494 e. The molecule has 1 atom stereocenters. The summed E-state index contributed by atoms with van der Waals surface area (Å²) in [5.41, 5.74) is 13.5. The summed E-state index contributed by atoms with van der Waals surface area (Å²) in [4.78, 5) is 41.1. The number of amides is 3. The number of benzene rings is 3. The highest BCUT2D eigenvalue weighted by atomic mass is 32.1. The molecule has 0 saturated heterocycles. The number of carbonyl (C=O) groups is 3. The Bertz CT molecular complexity index is 1430. The number of ether oxygens (including phenoxy) is 1. The van der Waals surface area contributed by atoms with Gasteiger partial charge in [-0.2, -0.15) is 4.37 Å². The fraction of sp³-hybridized carbons (Fsp3) is 0.172. The van der Waals surface area contributed by atoms with Crippen molar-refractivity contribution < 1.29 is 19.1 Å². The monoisotopic (exact) mass is 543 g/mol. The third kappa shape index (κ3) is 6.60. The van der Waals surface area contributed by atoms with Crippen molar-refractivity contribution in [3.63, 3.8) is 0 Å². The number of nitrogen functional groups attached to an aromatic ring is 1. The molecule has 0 radical (unpaired) electrons. The SMILES string of the molecule is CCOc1ccc([C@H](C(=O)NCc2ccccc2)N(Cc2ccccc2)C(=O)c2snc(C(N)=O)c2N)cc1. The van der Waals surface area contributed by atoms with Crippen molar-refractivity contribution in [3.8, 4) is 5.75 Å². The fourth-order valence-electron chi connectivity index (χ4n) is 4.09. The number of aromatic nitrogens is 1. The molecule has 0 unspecified atom stereocenters. The lowest BCUT2D eigenvalue weighted by molar-refractivity contribution is -0.126. The highest BCUT2D eigenvalue weighted by molar-refractivity contribution is 7.09. The lowest BCUT2D eigenvalue weighted by atomic mass is 10.0. The average Bonchev–Trinajstić information content (AvgIpc) is 3.35. The summed E-state index contributed by atoms with van der Waals surface area (Å²) >= 11 is 0.776. The maximum atomic E-state index is 14.0. The Balaban J connectivity index is 1.77. The number of hydrogen-bond donors (Lipinski definition) is 3. The largest absolute Gasteiger partial charge is 0.494 e. The summed E-state index contributed by atoms with van der Waals surface area (Å²) in [6.07, 6.45) is 0. The van der Waals surface area contributed by atoms with E-state index < -0.39 is 17.9 Å². The van der Waals surface area contributed by atoms with Gasteiger partial charge < -0.3 is 26.4 Å². The van der Waals surface area contributed by atoms with Crippen molar-refractivity contribution in [1.82, 2.24) is 14.6 Å². The lowest BCUT2D eigenvalue weighted by Crippen LogP contribution is -2.43. The van der Waals surface area contributed by atoms with Crippen molar-refractivity contribution in [2.45, 2.75) is 26.1 Å². The van der Waals surface area contributed by atoms with Gasteiger partial charge in [0.05, 0.1) is 12.3 Å². The van der Waals surface area contributed by atoms with Crippen molar-refractivity contribution in [2.75, 3.05) is 12.3 Å². The Morgan fingerprint density at radius 1 is 0.949 bits per heavy atom. The van der Waals surface area contributed by atoms with E-state index >= 15 is 0 Å². The molecule has 0 aliphatic carbocycles. The Hall–Kier alpha value is -4.70. The molecule has 1 aromatic heterocycles. The van der Waals surface area contributed by atoms with Crippen LogP contribution < -0.4 is 21.5 Å². The molecule has 4 rings (SSSR count). The van der Waals surface area contributed by atoms with Crippen LogP contribution in [0.3, 0.4) is 0 Å². The van der Waals surface area contributed by atoms with E-state index in [-0.39, 0.29) is 35.3 Å². The Kier molecular flexibility index (Phi) is 8.90. The summed E-state index contributed by atoms with van der Waals surface area (Å²) < 4.78 is 9.56. The zero-order valence-electron chi connectivity index (χ0n) is 21.4.